The summed E-state index contributed by atoms with van der Waals surface area (Å²) in [4.78, 5) is 36.9. The van der Waals surface area contributed by atoms with E-state index in [-0.39, 0.29) is 65.4 Å². The SMILES string of the molecule is CCC(C)(C)C(=O)OC12CC3CC(CC(OC)C(C)C)(C1)CC(OC(OC)C(C)C)(C3)C2.CCC(C)(C)C(=O)OC1C2CC3C(=O)OC1C3O2. The van der Waals surface area contributed by atoms with E-state index in [1.807, 2.05) is 41.7 Å². The van der Waals surface area contributed by atoms with E-state index in [0.717, 1.165) is 44.9 Å². The lowest BCUT2D eigenvalue weighted by molar-refractivity contribution is -0.307. The molecule has 4 saturated carbocycles. The molecular formula is C40H66O10. The van der Waals surface area contributed by atoms with E-state index in [0.29, 0.717) is 24.7 Å². The summed E-state index contributed by atoms with van der Waals surface area (Å²) in [6, 6.07) is 0. The molecule has 3 saturated heterocycles. The predicted molar refractivity (Wildman–Crippen MR) is 187 cm³/mol. The number of hydrogen-bond donors (Lipinski definition) is 0. The first-order chi connectivity index (χ1) is 23.3. The van der Waals surface area contributed by atoms with Gasteiger partial charge < -0.3 is 33.2 Å². The van der Waals surface area contributed by atoms with Gasteiger partial charge in [0.25, 0.3) is 0 Å². The molecule has 3 heterocycles. The molecule has 0 aromatic carbocycles. The van der Waals surface area contributed by atoms with Gasteiger partial charge in [-0.2, -0.15) is 0 Å². The van der Waals surface area contributed by atoms with Crippen molar-refractivity contribution < 1.29 is 47.5 Å². The van der Waals surface area contributed by atoms with E-state index in [1.165, 1.54) is 6.42 Å². The monoisotopic (exact) mass is 706 g/mol. The Balaban J connectivity index is 0.000000226. The third kappa shape index (κ3) is 7.52. The number of hydrogen-bond acceptors (Lipinski definition) is 10. The van der Waals surface area contributed by atoms with Crippen LogP contribution in [0.25, 0.3) is 0 Å². The van der Waals surface area contributed by atoms with Crippen LogP contribution >= 0.6 is 0 Å². The zero-order valence-corrected chi connectivity index (χ0v) is 32.9. The summed E-state index contributed by atoms with van der Waals surface area (Å²) in [5, 5.41) is 0. The molecule has 10 nitrogen and oxygen atoms in total. The molecule has 0 spiro atoms. The van der Waals surface area contributed by atoms with Gasteiger partial charge in [0.05, 0.1) is 34.6 Å². The molecule has 0 N–H and O–H groups in total. The van der Waals surface area contributed by atoms with Gasteiger partial charge >= 0.3 is 17.9 Å². The Bertz CT molecular complexity index is 1220. The van der Waals surface area contributed by atoms with Crippen LogP contribution in [0.3, 0.4) is 0 Å². The lowest BCUT2D eigenvalue weighted by Gasteiger charge is -2.66. The van der Waals surface area contributed by atoms with Crippen LogP contribution in [0.4, 0.5) is 0 Å². The molecule has 286 valence electrons. The maximum Gasteiger partial charge on any atom is 0.312 e. The Labute approximate surface area is 300 Å². The lowest BCUT2D eigenvalue weighted by atomic mass is 9.45. The number of methoxy groups -OCH3 is 2. The second kappa shape index (κ2) is 14.2. The van der Waals surface area contributed by atoms with Crippen molar-refractivity contribution in [3.8, 4) is 0 Å². The third-order valence-electron chi connectivity index (χ3n) is 13.1. The van der Waals surface area contributed by atoms with Crippen LogP contribution in [0.2, 0.25) is 0 Å². The molecule has 50 heavy (non-hydrogen) atoms. The molecular weight excluding hydrogens is 640 g/mol. The fourth-order valence-electron chi connectivity index (χ4n) is 9.94. The van der Waals surface area contributed by atoms with Crippen LogP contribution in [-0.2, 0) is 47.5 Å². The van der Waals surface area contributed by atoms with Crippen LogP contribution in [0.15, 0.2) is 0 Å². The van der Waals surface area contributed by atoms with Gasteiger partial charge in [0.1, 0.15) is 11.7 Å². The smallest absolute Gasteiger partial charge is 0.312 e. The second-order valence-corrected chi connectivity index (χ2v) is 18.7. The highest BCUT2D eigenvalue weighted by atomic mass is 16.7. The highest BCUT2D eigenvalue weighted by Gasteiger charge is 2.67. The maximum atomic E-state index is 13.2. The van der Waals surface area contributed by atoms with Gasteiger partial charge in [-0.25, -0.2) is 0 Å². The fraction of sp³-hybridized carbons (Fsp3) is 0.925. The first-order valence-electron chi connectivity index (χ1n) is 19.3. The van der Waals surface area contributed by atoms with Crippen molar-refractivity contribution >= 4 is 17.9 Å². The predicted octanol–water partition coefficient (Wildman–Crippen LogP) is 7.18. The quantitative estimate of drug-likeness (QED) is 0.105. The van der Waals surface area contributed by atoms with Crippen molar-refractivity contribution in [1.82, 2.24) is 0 Å². The highest BCUT2D eigenvalue weighted by Crippen LogP contribution is 2.67. The summed E-state index contributed by atoms with van der Waals surface area (Å²) >= 11 is 0. The van der Waals surface area contributed by atoms with Crippen LogP contribution in [0.1, 0.15) is 133 Å². The second-order valence-electron chi connectivity index (χ2n) is 18.7. The third-order valence-corrected chi connectivity index (χ3v) is 13.1. The van der Waals surface area contributed by atoms with Gasteiger partial charge in [-0.05, 0) is 103 Å². The van der Waals surface area contributed by atoms with E-state index in [4.69, 9.17) is 33.2 Å². The van der Waals surface area contributed by atoms with E-state index < -0.39 is 28.6 Å². The van der Waals surface area contributed by atoms with Crippen LogP contribution in [0.5, 0.6) is 0 Å². The normalized spacial score (nSPS) is 37.8. The number of carbonyl (C=O) groups excluding carboxylic acids is 3. The molecule has 0 aromatic rings. The Hall–Kier alpha value is -1.75. The molecule has 11 unspecified atom stereocenters. The molecule has 0 aromatic heterocycles. The average molecular weight is 707 g/mol. The van der Waals surface area contributed by atoms with E-state index in [1.54, 1.807) is 7.11 Å². The number of carbonyl (C=O) groups is 3. The van der Waals surface area contributed by atoms with E-state index in [2.05, 4.69) is 34.6 Å². The molecule has 6 bridgehead atoms. The van der Waals surface area contributed by atoms with Gasteiger partial charge in [0.15, 0.2) is 18.5 Å². The zero-order valence-electron chi connectivity index (χ0n) is 32.9. The number of rotatable bonds is 14. The summed E-state index contributed by atoms with van der Waals surface area (Å²) in [5.41, 5.74) is -1.63. The summed E-state index contributed by atoms with van der Waals surface area (Å²) < 4.78 is 41.5. The summed E-state index contributed by atoms with van der Waals surface area (Å²) in [7, 11) is 3.57. The molecule has 7 fully saturated rings. The number of ether oxygens (including phenoxy) is 7. The molecule has 3 aliphatic heterocycles. The van der Waals surface area contributed by atoms with Crippen LogP contribution in [-0.4, -0.2) is 80.1 Å². The number of esters is 3. The van der Waals surface area contributed by atoms with Crippen molar-refractivity contribution in [2.24, 2.45) is 39.9 Å². The largest absolute Gasteiger partial charge is 0.459 e. The molecule has 11 atom stereocenters. The van der Waals surface area contributed by atoms with Crippen molar-refractivity contribution in [1.29, 1.82) is 0 Å². The molecule has 7 aliphatic rings. The van der Waals surface area contributed by atoms with Crippen molar-refractivity contribution in [3.63, 3.8) is 0 Å². The van der Waals surface area contributed by atoms with Crippen LogP contribution in [0, 0.1) is 39.9 Å². The zero-order chi connectivity index (χ0) is 37.0. The van der Waals surface area contributed by atoms with Gasteiger partial charge in [0.2, 0.25) is 0 Å². The van der Waals surface area contributed by atoms with E-state index in [9.17, 15) is 14.4 Å². The van der Waals surface area contributed by atoms with Gasteiger partial charge in [-0.1, -0.05) is 41.5 Å². The minimum Gasteiger partial charge on any atom is -0.459 e. The minimum absolute atomic E-state index is 0.0634. The fourth-order valence-corrected chi connectivity index (χ4v) is 9.94. The standard InChI is InChI=1S/C27H48O5.C13H18O5/c1-10-24(6,7)23(28)32-27-13-20-11-25(16-27,14-21(29-8)18(2)3)15-26(12-20,17-27)31-22(30-9)19(4)5;1-4-13(2,3)12(15)18-9-7-5-6-8(16-7)10(9)17-11(6)14/h18-22H,10-17H2,1-9H3;6-10H,4-5H2,1-3H3. The Morgan fingerprint density at radius 2 is 1.46 bits per heavy atom. The first kappa shape index (κ1) is 39.5. The van der Waals surface area contributed by atoms with Crippen molar-refractivity contribution in [2.75, 3.05) is 14.2 Å². The average Bonchev–Trinajstić information content (AvgIpc) is 3.67. The van der Waals surface area contributed by atoms with Gasteiger partial charge in [-0.15, -0.1) is 0 Å². The summed E-state index contributed by atoms with van der Waals surface area (Å²) in [6.45, 7) is 20.5. The minimum atomic E-state index is -0.510. The number of fused-ring (bicyclic) bond motifs is 1. The topological polar surface area (TPSA) is 116 Å². The Kier molecular flexibility index (Phi) is 11.2. The molecule has 4 aliphatic carbocycles. The van der Waals surface area contributed by atoms with Gasteiger partial charge in [0, 0.05) is 26.6 Å². The van der Waals surface area contributed by atoms with Gasteiger partial charge in [-0.3, -0.25) is 14.4 Å². The first-order valence-corrected chi connectivity index (χ1v) is 19.3. The highest BCUT2D eigenvalue weighted by molar-refractivity contribution is 5.79. The molecule has 0 amide bonds. The summed E-state index contributed by atoms with van der Waals surface area (Å²) in [5.74, 6) is 0.568. The molecule has 7 rings (SSSR count). The maximum absolute atomic E-state index is 13.2. The van der Waals surface area contributed by atoms with Crippen molar-refractivity contribution in [3.05, 3.63) is 0 Å². The van der Waals surface area contributed by atoms with Crippen molar-refractivity contribution in [2.45, 2.75) is 181 Å². The van der Waals surface area contributed by atoms with E-state index >= 15 is 0 Å². The molecule has 10 heteroatoms. The molecule has 0 radical (unpaired) electrons. The summed E-state index contributed by atoms with van der Waals surface area (Å²) in [6.07, 6.45) is 7.77. The lowest BCUT2D eigenvalue weighted by Crippen LogP contribution is -2.66. The van der Waals surface area contributed by atoms with Crippen LogP contribution < -0.4 is 0 Å². The Morgan fingerprint density at radius 1 is 0.840 bits per heavy atom. The Morgan fingerprint density at radius 3 is 2.04 bits per heavy atom.